The van der Waals surface area contributed by atoms with Crippen LogP contribution in [0.25, 0.3) is 0 Å². The van der Waals surface area contributed by atoms with Gasteiger partial charge in [-0.3, -0.25) is 0 Å². The van der Waals surface area contributed by atoms with Gasteiger partial charge in [-0.15, -0.1) is 11.3 Å². The number of thiophene rings is 1. The van der Waals surface area contributed by atoms with Crippen molar-refractivity contribution in [3.05, 3.63) is 34.5 Å². The van der Waals surface area contributed by atoms with Crippen molar-refractivity contribution in [1.82, 2.24) is 0 Å². The van der Waals surface area contributed by atoms with Crippen LogP contribution in [-0.2, 0) is 36.5 Å². The molecule has 0 atom stereocenters. The average Bonchev–Trinajstić information content (AvgIpc) is 3.03. The summed E-state index contributed by atoms with van der Waals surface area (Å²) in [5.74, 6) is -0.441. The predicted octanol–water partition coefficient (Wildman–Crippen LogP) is -2.29. The van der Waals surface area contributed by atoms with Crippen LogP contribution in [0.1, 0.15) is 11.8 Å². The second-order valence-electron chi connectivity index (χ2n) is 5.13. The van der Waals surface area contributed by atoms with E-state index >= 15 is 0 Å². The standard InChI is InChI=1S/C13H16N2O7S4.Na/c1-2-24(16,17)12-6-10(15-8-9-4-3-5-23-9)11(26(20,21)22)7-13(12)25(14,18)19;/h3-7,15H,2,8H2,1H3,(H2,14,18,19)(H,20,21,22);/q;+1/p-1. The summed E-state index contributed by atoms with van der Waals surface area (Å²) in [6, 6.07) is 4.80. The van der Waals surface area contributed by atoms with Crippen LogP contribution >= 0.6 is 11.3 Å². The third-order valence-corrected chi connectivity index (χ3v) is 7.97. The molecule has 0 aliphatic carbocycles. The molecule has 1 aromatic heterocycles. The second-order valence-corrected chi connectivity index (χ2v) is 11.3. The van der Waals surface area contributed by atoms with Gasteiger partial charge >= 0.3 is 29.6 Å². The SMILES string of the molecule is CCS(=O)(=O)c1cc(NCc2cccs2)c(S(=O)(=O)[O-])cc1S(N)(=O)=O.[Na+]. The number of nitrogens with one attached hydrogen (secondary N) is 1. The van der Waals surface area contributed by atoms with Gasteiger partial charge < -0.3 is 9.87 Å². The molecule has 1 heterocycles. The molecule has 0 radical (unpaired) electrons. The van der Waals surface area contributed by atoms with Crippen LogP contribution in [-0.4, -0.2) is 35.6 Å². The van der Waals surface area contributed by atoms with E-state index in [1.807, 2.05) is 0 Å². The van der Waals surface area contributed by atoms with E-state index in [-0.39, 0.29) is 41.8 Å². The van der Waals surface area contributed by atoms with E-state index in [0.29, 0.717) is 6.07 Å². The normalized spacial score (nSPS) is 12.4. The minimum atomic E-state index is -5.10. The Balaban J connectivity index is 0.00000364. The Hall–Kier alpha value is -0.510. The Morgan fingerprint density at radius 2 is 1.70 bits per heavy atom. The first-order valence-electron chi connectivity index (χ1n) is 7.02. The molecule has 27 heavy (non-hydrogen) atoms. The molecule has 144 valence electrons. The van der Waals surface area contributed by atoms with E-state index in [1.165, 1.54) is 18.3 Å². The van der Waals surface area contributed by atoms with Crippen molar-refractivity contribution in [1.29, 1.82) is 0 Å². The Bertz CT molecular complexity index is 1130. The third-order valence-electron chi connectivity index (χ3n) is 3.37. The largest absolute Gasteiger partial charge is 1.00 e. The fraction of sp³-hybridized carbons (Fsp3) is 0.231. The number of hydrogen-bond acceptors (Lipinski definition) is 9. The van der Waals surface area contributed by atoms with Crippen molar-refractivity contribution in [2.45, 2.75) is 28.2 Å². The molecule has 1 aromatic carbocycles. The van der Waals surface area contributed by atoms with Crippen LogP contribution in [0.2, 0.25) is 0 Å². The fourth-order valence-corrected chi connectivity index (χ4v) is 5.81. The van der Waals surface area contributed by atoms with E-state index in [2.05, 4.69) is 5.32 Å². The van der Waals surface area contributed by atoms with Crippen molar-refractivity contribution >= 4 is 47.0 Å². The summed E-state index contributed by atoms with van der Waals surface area (Å²) in [7, 11) is -13.8. The van der Waals surface area contributed by atoms with E-state index in [1.54, 1.807) is 17.5 Å². The first kappa shape index (κ1) is 24.5. The van der Waals surface area contributed by atoms with Gasteiger partial charge in [0.2, 0.25) is 10.0 Å². The number of rotatable bonds is 7. The van der Waals surface area contributed by atoms with Crippen molar-refractivity contribution in [3.8, 4) is 0 Å². The maximum atomic E-state index is 12.2. The molecule has 0 aliphatic rings. The van der Waals surface area contributed by atoms with Gasteiger partial charge in [0, 0.05) is 11.4 Å². The number of benzene rings is 1. The van der Waals surface area contributed by atoms with Crippen LogP contribution in [0.5, 0.6) is 0 Å². The first-order chi connectivity index (χ1) is 11.9. The number of anilines is 1. The maximum absolute atomic E-state index is 12.2. The quantitative estimate of drug-likeness (QED) is 0.343. The average molecular weight is 463 g/mol. The Morgan fingerprint density at radius 3 is 2.15 bits per heavy atom. The minimum Gasteiger partial charge on any atom is -0.744 e. The van der Waals surface area contributed by atoms with Crippen LogP contribution in [0.15, 0.2) is 44.3 Å². The monoisotopic (exact) mass is 462 g/mol. The van der Waals surface area contributed by atoms with Crippen molar-refractivity contribution in [2.24, 2.45) is 5.14 Å². The minimum absolute atomic E-state index is 0. The smallest absolute Gasteiger partial charge is 0.744 e. The Kier molecular flexibility index (Phi) is 8.07. The molecule has 0 unspecified atom stereocenters. The summed E-state index contributed by atoms with van der Waals surface area (Å²) in [5, 5.41) is 9.46. The van der Waals surface area contributed by atoms with E-state index in [4.69, 9.17) is 5.14 Å². The van der Waals surface area contributed by atoms with Gasteiger partial charge in [-0.05, 0) is 23.6 Å². The van der Waals surface area contributed by atoms with Gasteiger partial charge in [0.25, 0.3) is 0 Å². The number of primary sulfonamides is 1. The van der Waals surface area contributed by atoms with E-state index in [0.717, 1.165) is 10.9 Å². The molecule has 9 nitrogen and oxygen atoms in total. The van der Waals surface area contributed by atoms with Crippen molar-refractivity contribution in [3.63, 3.8) is 0 Å². The molecule has 0 aliphatic heterocycles. The molecule has 0 saturated carbocycles. The van der Waals surface area contributed by atoms with Crippen molar-refractivity contribution < 1.29 is 59.4 Å². The molecule has 2 rings (SSSR count). The van der Waals surface area contributed by atoms with Crippen LogP contribution < -0.4 is 40.0 Å². The van der Waals surface area contributed by atoms with Crippen LogP contribution in [0.4, 0.5) is 5.69 Å². The Labute approximate surface area is 184 Å². The summed E-state index contributed by atoms with van der Waals surface area (Å²) in [6.07, 6.45) is 0. The summed E-state index contributed by atoms with van der Waals surface area (Å²) >= 11 is 1.35. The van der Waals surface area contributed by atoms with Crippen molar-refractivity contribution in [2.75, 3.05) is 11.1 Å². The molecule has 0 bridgehead atoms. The van der Waals surface area contributed by atoms with Gasteiger partial charge in [0.05, 0.1) is 21.2 Å². The first-order valence-corrected chi connectivity index (χ1v) is 12.5. The van der Waals surface area contributed by atoms with Gasteiger partial charge in [-0.1, -0.05) is 13.0 Å². The summed E-state index contributed by atoms with van der Waals surface area (Å²) in [6.45, 7) is 1.40. The number of nitrogens with two attached hydrogens (primary N) is 1. The maximum Gasteiger partial charge on any atom is 1.00 e. The number of sulfone groups is 1. The summed E-state index contributed by atoms with van der Waals surface area (Å²) < 4.78 is 82.6. The van der Waals surface area contributed by atoms with Crippen LogP contribution in [0, 0.1) is 0 Å². The van der Waals surface area contributed by atoms with Crippen LogP contribution in [0.3, 0.4) is 0 Å². The zero-order chi connectivity index (χ0) is 19.8. The topological polar surface area (TPSA) is 164 Å². The molecule has 0 spiro atoms. The number of sulfonamides is 1. The zero-order valence-electron chi connectivity index (χ0n) is 14.4. The van der Waals surface area contributed by atoms with Gasteiger partial charge in [0.1, 0.15) is 15.0 Å². The molecule has 0 saturated heterocycles. The molecule has 0 amide bonds. The van der Waals surface area contributed by atoms with Gasteiger partial charge in [-0.2, -0.15) is 0 Å². The third kappa shape index (κ3) is 5.98. The van der Waals surface area contributed by atoms with E-state index in [9.17, 15) is 29.8 Å². The second kappa shape index (κ2) is 8.88. The van der Waals surface area contributed by atoms with E-state index < -0.39 is 50.4 Å². The molecule has 3 N–H and O–H groups in total. The van der Waals surface area contributed by atoms with Gasteiger partial charge in [-0.25, -0.2) is 30.4 Å². The predicted molar refractivity (Wildman–Crippen MR) is 95.2 cm³/mol. The molecule has 14 heteroatoms. The molecule has 2 aromatic rings. The summed E-state index contributed by atoms with van der Waals surface area (Å²) in [4.78, 5) is -1.71. The Morgan fingerprint density at radius 1 is 1.07 bits per heavy atom. The molecular formula is C13H15N2NaO7S4. The molecular weight excluding hydrogens is 447 g/mol. The number of hydrogen-bond donors (Lipinski definition) is 2. The zero-order valence-corrected chi connectivity index (χ0v) is 19.6. The molecule has 0 fully saturated rings. The summed E-state index contributed by atoms with van der Waals surface area (Å²) in [5.41, 5.74) is -0.312. The fourth-order valence-electron chi connectivity index (χ4n) is 2.10. The van der Waals surface area contributed by atoms with Gasteiger partial charge in [0.15, 0.2) is 9.84 Å².